The Hall–Kier alpha value is -3.54. The maximum absolute atomic E-state index is 15.3. The van der Waals surface area contributed by atoms with Gasteiger partial charge in [-0.2, -0.15) is 5.26 Å². The van der Waals surface area contributed by atoms with E-state index in [-0.39, 0.29) is 17.0 Å². The summed E-state index contributed by atoms with van der Waals surface area (Å²) in [5, 5.41) is 19.7. The maximum Gasteiger partial charge on any atom is 0.151 e. The molecule has 0 amide bonds. The molecule has 4 N–H and O–H groups in total. The Morgan fingerprint density at radius 2 is 2.06 bits per heavy atom. The summed E-state index contributed by atoms with van der Waals surface area (Å²) in [6.45, 7) is 6.90. The molecule has 36 heavy (non-hydrogen) atoms. The van der Waals surface area contributed by atoms with Crippen LogP contribution in [-0.2, 0) is 0 Å². The van der Waals surface area contributed by atoms with Gasteiger partial charge in [0, 0.05) is 41.1 Å². The predicted octanol–water partition coefficient (Wildman–Crippen LogP) is 5.84. The highest BCUT2D eigenvalue weighted by molar-refractivity contribution is 6.31. The minimum Gasteiger partial charge on any atom is -0.383 e. The van der Waals surface area contributed by atoms with Crippen molar-refractivity contribution in [3.8, 4) is 6.07 Å². The molecule has 3 aromatic rings. The summed E-state index contributed by atoms with van der Waals surface area (Å²) >= 11 is 6.59. The third kappa shape index (κ3) is 5.03. The van der Waals surface area contributed by atoms with Gasteiger partial charge in [0.25, 0.3) is 0 Å². The fraction of sp³-hybridized carbons (Fsp3) is 0.333. The number of hydrazine groups is 2. The number of nitrogens with one attached hydrogen (secondary N) is 4. The van der Waals surface area contributed by atoms with Crippen molar-refractivity contribution < 1.29 is 4.39 Å². The number of aromatic nitrogens is 1. The molecule has 0 unspecified atom stereocenters. The number of nitrogens with zero attached hydrogens (tertiary/aromatic N) is 3. The molecule has 1 aliphatic carbocycles. The van der Waals surface area contributed by atoms with Crippen molar-refractivity contribution in [3.63, 3.8) is 0 Å². The lowest BCUT2D eigenvalue weighted by atomic mass is 9.96. The van der Waals surface area contributed by atoms with Crippen LogP contribution >= 0.6 is 11.6 Å². The number of halogens is 2. The Kier molecular flexibility index (Phi) is 6.37. The molecule has 1 saturated carbocycles. The van der Waals surface area contributed by atoms with Crippen molar-refractivity contribution in [2.24, 2.45) is 5.41 Å². The summed E-state index contributed by atoms with van der Waals surface area (Å²) in [4.78, 5) is 4.24. The van der Waals surface area contributed by atoms with Crippen LogP contribution in [0.1, 0.15) is 50.8 Å². The second-order valence-electron chi connectivity index (χ2n) is 10.5. The summed E-state index contributed by atoms with van der Waals surface area (Å²) < 4.78 is 15.3. The van der Waals surface area contributed by atoms with E-state index in [0.717, 1.165) is 24.1 Å². The maximum atomic E-state index is 15.3. The zero-order valence-electron chi connectivity index (χ0n) is 20.5. The summed E-state index contributed by atoms with van der Waals surface area (Å²) in [6.07, 6.45) is 5.72. The molecule has 2 aliphatic rings. The quantitative estimate of drug-likeness (QED) is 0.321. The van der Waals surface area contributed by atoms with Gasteiger partial charge in [0.1, 0.15) is 11.6 Å². The summed E-state index contributed by atoms with van der Waals surface area (Å²) in [5.74, 6) is -0.470. The lowest BCUT2D eigenvalue weighted by Crippen LogP contribution is -2.38. The second-order valence-corrected chi connectivity index (χ2v) is 10.9. The van der Waals surface area contributed by atoms with Gasteiger partial charge in [-0.1, -0.05) is 50.6 Å². The van der Waals surface area contributed by atoms with E-state index in [1.165, 1.54) is 12.3 Å². The van der Waals surface area contributed by atoms with Gasteiger partial charge in [-0.3, -0.25) is 9.99 Å². The van der Waals surface area contributed by atoms with Crippen LogP contribution in [0.5, 0.6) is 0 Å². The Bertz CT molecular complexity index is 1370. The first-order valence-corrected chi connectivity index (χ1v) is 12.4. The van der Waals surface area contributed by atoms with Crippen molar-refractivity contribution in [1.82, 2.24) is 21.0 Å². The van der Waals surface area contributed by atoms with Gasteiger partial charge in [0.05, 0.1) is 23.0 Å². The van der Waals surface area contributed by atoms with Crippen molar-refractivity contribution in [3.05, 3.63) is 76.5 Å². The monoisotopic (exact) mass is 505 g/mol. The Morgan fingerprint density at radius 1 is 1.28 bits per heavy atom. The minimum absolute atomic E-state index is 0.0348. The molecule has 2 aromatic carbocycles. The van der Waals surface area contributed by atoms with Gasteiger partial charge in [0.2, 0.25) is 0 Å². The van der Waals surface area contributed by atoms with Gasteiger partial charge in [-0.05, 0) is 42.0 Å². The average molecular weight is 506 g/mol. The van der Waals surface area contributed by atoms with E-state index in [1.807, 2.05) is 36.5 Å². The first-order chi connectivity index (χ1) is 17.2. The normalized spacial score (nSPS) is 16.3. The molecule has 186 valence electrons. The van der Waals surface area contributed by atoms with Crippen LogP contribution < -0.4 is 21.6 Å². The first kappa shape index (κ1) is 24.2. The van der Waals surface area contributed by atoms with Gasteiger partial charge in [-0.25, -0.2) is 4.39 Å². The molecular formula is C27H29ClFN7. The average Bonchev–Trinajstić information content (AvgIpc) is 3.57. The molecule has 5 rings (SSSR count). The minimum atomic E-state index is -0.470. The fourth-order valence-corrected chi connectivity index (χ4v) is 4.46. The van der Waals surface area contributed by atoms with E-state index < -0.39 is 5.82 Å². The van der Waals surface area contributed by atoms with Crippen molar-refractivity contribution in [1.29, 1.82) is 5.26 Å². The smallest absolute Gasteiger partial charge is 0.151 e. The van der Waals surface area contributed by atoms with Crippen LogP contribution in [0.4, 0.5) is 15.8 Å². The number of hydrogen-bond donors (Lipinski definition) is 4. The number of benzene rings is 2. The predicted molar refractivity (Wildman–Crippen MR) is 141 cm³/mol. The molecule has 9 heteroatoms. The molecular weight excluding hydrogens is 477 g/mol. The highest BCUT2D eigenvalue weighted by Gasteiger charge is 2.32. The molecule has 2 heterocycles. The number of hydrogen-bond acceptors (Lipinski definition) is 7. The number of anilines is 2. The molecule has 1 aliphatic heterocycles. The Labute approximate surface area is 215 Å². The molecule has 1 aromatic heterocycles. The fourth-order valence-electron chi connectivity index (χ4n) is 4.21. The zero-order chi connectivity index (χ0) is 25.4. The number of fused-ring (bicyclic) bond motifs is 1. The van der Waals surface area contributed by atoms with E-state index in [9.17, 15) is 5.26 Å². The third-order valence-electron chi connectivity index (χ3n) is 6.23. The highest BCUT2D eigenvalue weighted by atomic mass is 35.5. The number of pyridine rings is 1. The highest BCUT2D eigenvalue weighted by Crippen LogP contribution is 2.36. The standard InChI is InChI=1S/C27H29ClFN7/c1-27(2,3)15-32-24-16(12-30)13-31-25-20(24)10-17(11-22(25)29)33-26(19-6-4-5-7-21(19)28)23-14-36(35-34-23)18-8-9-18/h4-7,10-11,13-14,18,26,33-35H,8-9,15H2,1-3H3,(H,31,32)/t26-/m0/s1. The summed E-state index contributed by atoms with van der Waals surface area (Å²) in [6, 6.07) is 13.1. The van der Waals surface area contributed by atoms with E-state index in [0.29, 0.717) is 39.9 Å². The van der Waals surface area contributed by atoms with Crippen LogP contribution in [0.15, 0.2) is 54.5 Å². The van der Waals surface area contributed by atoms with Crippen LogP contribution in [0.3, 0.4) is 0 Å². The zero-order valence-corrected chi connectivity index (χ0v) is 21.2. The second kappa shape index (κ2) is 9.49. The SMILES string of the molecule is CC(C)(C)CNc1c(C#N)cnc2c(F)cc(N[C@H](C3=CN(C4CC4)NN3)c3ccccc3Cl)cc12. The summed E-state index contributed by atoms with van der Waals surface area (Å²) in [5.41, 5.74) is 9.84. The first-order valence-electron chi connectivity index (χ1n) is 12.0. The molecule has 7 nitrogen and oxygen atoms in total. The number of nitriles is 1. The topological polar surface area (TPSA) is 88.0 Å². The molecule has 0 spiro atoms. The van der Waals surface area contributed by atoms with Crippen molar-refractivity contribution >= 4 is 33.9 Å². The van der Waals surface area contributed by atoms with E-state index in [1.54, 1.807) is 0 Å². The van der Waals surface area contributed by atoms with Crippen LogP contribution in [0, 0.1) is 22.6 Å². The molecule has 0 saturated heterocycles. The van der Waals surface area contributed by atoms with Crippen molar-refractivity contribution in [2.45, 2.75) is 45.7 Å². The van der Waals surface area contributed by atoms with E-state index >= 15 is 4.39 Å². The molecule has 0 bridgehead atoms. The van der Waals surface area contributed by atoms with E-state index in [2.05, 4.69) is 58.4 Å². The van der Waals surface area contributed by atoms with Gasteiger partial charge >= 0.3 is 0 Å². The van der Waals surface area contributed by atoms with E-state index in [4.69, 9.17) is 11.6 Å². The summed E-state index contributed by atoms with van der Waals surface area (Å²) in [7, 11) is 0. The van der Waals surface area contributed by atoms with Crippen LogP contribution in [-0.4, -0.2) is 22.6 Å². The van der Waals surface area contributed by atoms with Crippen LogP contribution in [0.2, 0.25) is 5.02 Å². The lowest BCUT2D eigenvalue weighted by Gasteiger charge is -2.24. The molecule has 1 atom stereocenters. The molecule has 1 fully saturated rings. The van der Waals surface area contributed by atoms with Gasteiger partial charge < -0.3 is 16.1 Å². The van der Waals surface area contributed by atoms with Gasteiger partial charge in [-0.15, -0.1) is 5.53 Å². The van der Waals surface area contributed by atoms with Crippen molar-refractivity contribution in [2.75, 3.05) is 17.2 Å². The third-order valence-corrected chi connectivity index (χ3v) is 6.57. The Morgan fingerprint density at radius 3 is 2.75 bits per heavy atom. The lowest BCUT2D eigenvalue weighted by molar-refractivity contribution is 0.260. The number of rotatable bonds is 7. The molecule has 0 radical (unpaired) electrons. The van der Waals surface area contributed by atoms with Gasteiger partial charge in [0.15, 0.2) is 5.82 Å². The van der Waals surface area contributed by atoms with Crippen LogP contribution in [0.25, 0.3) is 10.9 Å². The largest absolute Gasteiger partial charge is 0.383 e. The Balaban J connectivity index is 1.57.